The Morgan fingerprint density at radius 3 is 2.76 bits per heavy atom. The fourth-order valence-corrected chi connectivity index (χ4v) is 3.49. The zero-order valence-electron chi connectivity index (χ0n) is 14.0. The number of amides is 1. The number of nitrogens with zero attached hydrogens (tertiary/aromatic N) is 3. The van der Waals surface area contributed by atoms with Gasteiger partial charge < -0.3 is 15.5 Å². The Balaban J connectivity index is 1.70. The maximum Gasteiger partial charge on any atom is 0.275 e. The van der Waals surface area contributed by atoms with Crippen LogP contribution >= 0.6 is 0 Å². The van der Waals surface area contributed by atoms with E-state index in [1.54, 1.807) is 6.20 Å². The summed E-state index contributed by atoms with van der Waals surface area (Å²) >= 11 is 0. The summed E-state index contributed by atoms with van der Waals surface area (Å²) in [6, 6.07) is 5.24. The second kappa shape index (κ2) is 6.33. The van der Waals surface area contributed by atoms with Gasteiger partial charge in [0.2, 0.25) is 5.91 Å². The van der Waals surface area contributed by atoms with E-state index in [4.69, 9.17) is 0 Å². The van der Waals surface area contributed by atoms with Gasteiger partial charge in [0.05, 0.1) is 11.6 Å². The summed E-state index contributed by atoms with van der Waals surface area (Å²) in [5.41, 5.74) is 1.56. The minimum atomic E-state index is -0.574. The largest absolute Gasteiger partial charge is 0.369 e. The molecule has 0 spiro atoms. The van der Waals surface area contributed by atoms with Crippen molar-refractivity contribution in [2.45, 2.75) is 18.9 Å². The van der Waals surface area contributed by atoms with E-state index in [9.17, 15) is 9.59 Å². The lowest BCUT2D eigenvalue weighted by molar-refractivity contribution is -0.125. The molecule has 0 radical (unpaired) electrons. The average Bonchev–Trinajstić information content (AvgIpc) is 2.63. The third-order valence-corrected chi connectivity index (χ3v) is 4.89. The van der Waals surface area contributed by atoms with Crippen molar-refractivity contribution in [3.63, 3.8) is 0 Å². The minimum Gasteiger partial charge on any atom is -0.369 e. The summed E-state index contributed by atoms with van der Waals surface area (Å²) in [6.07, 6.45) is 2.88. The monoisotopic (exact) mass is 339 g/mol. The molecule has 0 bridgehead atoms. The van der Waals surface area contributed by atoms with E-state index < -0.39 is 6.04 Å². The number of allylic oxidation sites excluding steroid dienone is 1. The van der Waals surface area contributed by atoms with Gasteiger partial charge in [-0.15, -0.1) is 0 Å². The van der Waals surface area contributed by atoms with E-state index in [1.807, 2.05) is 18.2 Å². The molecule has 2 aliphatic heterocycles. The van der Waals surface area contributed by atoms with Gasteiger partial charge in [-0.2, -0.15) is 5.10 Å². The molecular weight excluding hydrogens is 318 g/mol. The first-order valence-electron chi connectivity index (χ1n) is 8.59. The minimum absolute atomic E-state index is 0.220. The molecule has 0 aliphatic carbocycles. The lowest BCUT2D eigenvalue weighted by Crippen LogP contribution is -2.43. The maximum absolute atomic E-state index is 12.8. The van der Waals surface area contributed by atoms with Crippen molar-refractivity contribution >= 4 is 22.4 Å². The number of rotatable bonds is 2. The number of hydrogen-bond donors (Lipinski definition) is 2. The van der Waals surface area contributed by atoms with E-state index in [-0.39, 0.29) is 11.5 Å². The van der Waals surface area contributed by atoms with Crippen molar-refractivity contribution in [3.8, 4) is 0 Å². The third-order valence-electron chi connectivity index (χ3n) is 4.89. The molecule has 2 saturated heterocycles. The Kier molecular flexibility index (Phi) is 4.01. The first-order valence-corrected chi connectivity index (χ1v) is 8.59. The highest BCUT2D eigenvalue weighted by Gasteiger charge is 2.27. The summed E-state index contributed by atoms with van der Waals surface area (Å²) in [5.74, 6) is -0.220. The van der Waals surface area contributed by atoms with E-state index in [0.29, 0.717) is 23.9 Å². The van der Waals surface area contributed by atoms with Crippen LogP contribution in [0.2, 0.25) is 0 Å². The van der Waals surface area contributed by atoms with Gasteiger partial charge in [0.1, 0.15) is 6.04 Å². The normalized spacial score (nSPS) is 21.4. The third kappa shape index (κ3) is 2.91. The van der Waals surface area contributed by atoms with Crippen molar-refractivity contribution in [1.29, 1.82) is 0 Å². The number of carbonyl (C=O) groups is 1. The zero-order chi connectivity index (χ0) is 17.4. The quantitative estimate of drug-likeness (QED) is 0.845. The van der Waals surface area contributed by atoms with E-state index in [0.717, 1.165) is 37.3 Å². The highest BCUT2D eigenvalue weighted by molar-refractivity contribution is 5.86. The first-order chi connectivity index (χ1) is 12.1. The molecule has 1 aromatic heterocycles. The van der Waals surface area contributed by atoms with Crippen LogP contribution in [-0.2, 0) is 4.79 Å². The summed E-state index contributed by atoms with van der Waals surface area (Å²) in [7, 11) is 0. The molecule has 0 saturated carbocycles. The topological polar surface area (TPSA) is 79.3 Å². The van der Waals surface area contributed by atoms with E-state index in [2.05, 4.69) is 27.2 Å². The van der Waals surface area contributed by atoms with Gasteiger partial charge in [-0.3, -0.25) is 9.59 Å². The van der Waals surface area contributed by atoms with Crippen molar-refractivity contribution in [2.75, 3.05) is 31.1 Å². The van der Waals surface area contributed by atoms with Crippen LogP contribution in [0.1, 0.15) is 18.9 Å². The lowest BCUT2D eigenvalue weighted by atomic mass is 10.0. The van der Waals surface area contributed by atoms with Crippen LogP contribution in [0.25, 0.3) is 10.8 Å². The van der Waals surface area contributed by atoms with Crippen LogP contribution in [0, 0.1) is 0 Å². The number of benzene rings is 1. The van der Waals surface area contributed by atoms with Crippen LogP contribution in [0.5, 0.6) is 0 Å². The molecule has 1 amide bonds. The highest BCUT2D eigenvalue weighted by atomic mass is 16.2. The first kappa shape index (κ1) is 15.8. The molecule has 2 aromatic rings. The van der Waals surface area contributed by atoms with Gasteiger partial charge in [-0.1, -0.05) is 6.58 Å². The molecule has 2 fully saturated rings. The van der Waals surface area contributed by atoms with Crippen molar-refractivity contribution < 1.29 is 4.79 Å². The summed E-state index contributed by atoms with van der Waals surface area (Å²) in [6.45, 7) is 7.58. The molecule has 7 heteroatoms. The number of hydrogen-bond acceptors (Lipinski definition) is 5. The molecule has 3 heterocycles. The van der Waals surface area contributed by atoms with Gasteiger partial charge in [-0.25, -0.2) is 4.68 Å². The van der Waals surface area contributed by atoms with Crippen LogP contribution in [-0.4, -0.2) is 41.9 Å². The van der Waals surface area contributed by atoms with Crippen LogP contribution in [0.4, 0.5) is 5.69 Å². The van der Waals surface area contributed by atoms with E-state index in [1.165, 1.54) is 4.68 Å². The Morgan fingerprint density at radius 1 is 1.20 bits per heavy atom. The lowest BCUT2D eigenvalue weighted by Gasteiger charge is -2.29. The van der Waals surface area contributed by atoms with E-state index >= 15 is 0 Å². The van der Waals surface area contributed by atoms with Gasteiger partial charge in [0.25, 0.3) is 5.56 Å². The summed E-state index contributed by atoms with van der Waals surface area (Å²) in [4.78, 5) is 27.3. The molecule has 25 heavy (non-hydrogen) atoms. The highest BCUT2D eigenvalue weighted by Crippen LogP contribution is 2.23. The molecule has 1 atom stereocenters. The number of piperazine rings is 1. The van der Waals surface area contributed by atoms with Crippen molar-refractivity contribution in [1.82, 2.24) is 20.4 Å². The molecule has 4 rings (SSSR count). The molecule has 130 valence electrons. The Labute approximate surface area is 145 Å². The zero-order valence-corrected chi connectivity index (χ0v) is 14.0. The fourth-order valence-electron chi connectivity index (χ4n) is 3.49. The molecule has 2 N–H and O–H groups in total. The van der Waals surface area contributed by atoms with Gasteiger partial charge >= 0.3 is 0 Å². The average molecular weight is 339 g/mol. The number of fused-ring (bicyclic) bond motifs is 1. The number of piperidine rings is 1. The van der Waals surface area contributed by atoms with Crippen LogP contribution in [0.15, 0.2) is 41.5 Å². The smallest absolute Gasteiger partial charge is 0.275 e. The number of anilines is 1. The molecular formula is C18H21N5O2. The Morgan fingerprint density at radius 2 is 2.00 bits per heavy atom. The Hall–Kier alpha value is -2.67. The molecule has 1 unspecified atom stereocenters. The second-order valence-electron chi connectivity index (χ2n) is 6.55. The Bertz CT molecular complexity index is 898. The fraction of sp³-hybridized carbons (Fsp3) is 0.389. The number of aromatic nitrogens is 2. The SMILES string of the molecule is C=C1CCC(n2ncc3cc(N4CCNCC4)ccc3c2=O)C(=O)N1. The van der Waals surface area contributed by atoms with Gasteiger partial charge in [-0.05, 0) is 31.0 Å². The molecule has 7 nitrogen and oxygen atoms in total. The van der Waals surface area contributed by atoms with Gasteiger partial charge in [0.15, 0.2) is 0 Å². The summed E-state index contributed by atoms with van der Waals surface area (Å²) in [5, 5.41) is 11.7. The van der Waals surface area contributed by atoms with Gasteiger partial charge in [0, 0.05) is 42.9 Å². The predicted molar refractivity (Wildman–Crippen MR) is 96.6 cm³/mol. The summed E-state index contributed by atoms with van der Waals surface area (Å²) < 4.78 is 1.30. The van der Waals surface area contributed by atoms with Crippen LogP contribution < -0.4 is 21.1 Å². The second-order valence-corrected chi connectivity index (χ2v) is 6.55. The van der Waals surface area contributed by atoms with Crippen molar-refractivity contribution in [3.05, 3.63) is 47.0 Å². The number of carbonyl (C=O) groups excluding carboxylic acids is 1. The molecule has 1 aromatic carbocycles. The van der Waals surface area contributed by atoms with Crippen molar-refractivity contribution in [2.24, 2.45) is 0 Å². The molecule has 2 aliphatic rings. The standard InChI is InChI=1S/C18H21N5O2/c1-12-2-5-16(17(24)21-12)23-18(25)15-4-3-14(10-13(15)11-20-23)22-8-6-19-7-9-22/h3-4,10-11,16,19H,1-2,5-9H2,(H,21,24). The maximum atomic E-state index is 12.8. The number of nitrogens with one attached hydrogen (secondary N) is 2. The van der Waals surface area contributed by atoms with Crippen LogP contribution in [0.3, 0.4) is 0 Å². The predicted octanol–water partition coefficient (Wildman–Crippen LogP) is 0.771.